The van der Waals surface area contributed by atoms with Gasteiger partial charge in [-0.15, -0.1) is 0 Å². The first-order chi connectivity index (χ1) is 10.6. The van der Waals surface area contributed by atoms with Crippen LogP contribution < -0.4 is 0 Å². The highest BCUT2D eigenvalue weighted by Crippen LogP contribution is 2.79. The van der Waals surface area contributed by atoms with E-state index in [1.807, 2.05) is 0 Å². The molecule has 3 unspecified atom stereocenters. The maximum atomic E-state index is 12.4. The SMILES string of the molecule is C=C(C)C(=O)OC12c3ccccc3CCCC13CCCCC32. The highest BCUT2D eigenvalue weighted by Gasteiger charge is 2.80. The lowest BCUT2D eigenvalue weighted by Crippen LogP contribution is -2.26. The predicted molar refractivity (Wildman–Crippen MR) is 86.4 cm³/mol. The molecule has 2 saturated carbocycles. The molecule has 2 fully saturated rings. The van der Waals surface area contributed by atoms with Crippen LogP contribution in [0.1, 0.15) is 56.6 Å². The van der Waals surface area contributed by atoms with Gasteiger partial charge in [0.05, 0.1) is 0 Å². The lowest BCUT2D eigenvalue weighted by Gasteiger charge is -2.26. The zero-order chi connectivity index (χ0) is 15.4. The molecule has 116 valence electrons. The summed E-state index contributed by atoms with van der Waals surface area (Å²) in [5, 5.41) is 0. The van der Waals surface area contributed by atoms with Crippen molar-refractivity contribution in [2.75, 3.05) is 0 Å². The number of esters is 1. The molecule has 3 aliphatic carbocycles. The van der Waals surface area contributed by atoms with Crippen LogP contribution in [-0.2, 0) is 21.6 Å². The number of carbonyl (C=O) groups is 1. The minimum absolute atomic E-state index is 0.197. The molecule has 3 atom stereocenters. The third-order valence-electron chi connectivity index (χ3n) is 6.27. The largest absolute Gasteiger partial charge is 0.450 e. The number of ether oxygens (including phenoxy) is 1. The molecule has 4 rings (SSSR count). The van der Waals surface area contributed by atoms with Gasteiger partial charge >= 0.3 is 5.97 Å². The summed E-state index contributed by atoms with van der Waals surface area (Å²) in [5.41, 5.74) is 3.00. The molecule has 0 amide bonds. The standard InChI is InChI=1S/C20H24O2/c1-14(2)18(21)22-20-16-10-4-3-8-15(16)9-7-13-19(20)12-6-5-11-17(19)20/h3-4,8,10,17H,1,5-7,9,11-13H2,2H3. The summed E-state index contributed by atoms with van der Waals surface area (Å²) in [5.74, 6) is 0.295. The van der Waals surface area contributed by atoms with Crippen LogP contribution in [0.4, 0.5) is 0 Å². The smallest absolute Gasteiger partial charge is 0.334 e. The number of aryl methyl sites for hydroxylation is 1. The van der Waals surface area contributed by atoms with Crippen LogP contribution in [0.25, 0.3) is 0 Å². The van der Waals surface area contributed by atoms with Crippen molar-refractivity contribution in [2.45, 2.75) is 57.5 Å². The van der Waals surface area contributed by atoms with Crippen molar-refractivity contribution in [1.29, 1.82) is 0 Å². The third-order valence-corrected chi connectivity index (χ3v) is 6.27. The molecule has 1 aromatic rings. The van der Waals surface area contributed by atoms with Crippen LogP contribution in [0.5, 0.6) is 0 Å². The van der Waals surface area contributed by atoms with Crippen molar-refractivity contribution < 1.29 is 9.53 Å². The predicted octanol–water partition coefficient (Wildman–Crippen LogP) is 4.53. The van der Waals surface area contributed by atoms with Crippen molar-refractivity contribution in [2.24, 2.45) is 11.3 Å². The minimum atomic E-state index is -0.368. The van der Waals surface area contributed by atoms with Crippen molar-refractivity contribution in [1.82, 2.24) is 0 Å². The molecule has 0 saturated heterocycles. The Labute approximate surface area is 132 Å². The van der Waals surface area contributed by atoms with Crippen LogP contribution >= 0.6 is 0 Å². The van der Waals surface area contributed by atoms with E-state index in [0.717, 1.165) is 6.42 Å². The summed E-state index contributed by atoms with van der Waals surface area (Å²) < 4.78 is 6.22. The summed E-state index contributed by atoms with van der Waals surface area (Å²) in [6, 6.07) is 8.62. The second kappa shape index (κ2) is 4.71. The molecule has 22 heavy (non-hydrogen) atoms. The highest BCUT2D eigenvalue weighted by atomic mass is 16.6. The first-order valence-corrected chi connectivity index (χ1v) is 8.59. The Morgan fingerprint density at radius 3 is 2.82 bits per heavy atom. The highest BCUT2D eigenvalue weighted by molar-refractivity contribution is 5.87. The van der Waals surface area contributed by atoms with E-state index in [1.54, 1.807) is 6.92 Å². The second-order valence-corrected chi connectivity index (χ2v) is 7.37. The Balaban J connectivity index is 1.85. The van der Waals surface area contributed by atoms with Crippen LogP contribution in [0.2, 0.25) is 0 Å². The molecule has 1 spiro atoms. The van der Waals surface area contributed by atoms with Gasteiger partial charge in [-0.05, 0) is 50.2 Å². The van der Waals surface area contributed by atoms with Crippen molar-refractivity contribution in [3.8, 4) is 0 Å². The lowest BCUT2D eigenvalue weighted by molar-refractivity contribution is -0.150. The fourth-order valence-electron chi connectivity index (χ4n) is 5.37. The molecule has 3 aliphatic rings. The van der Waals surface area contributed by atoms with Crippen LogP contribution in [-0.4, -0.2) is 5.97 Å². The van der Waals surface area contributed by atoms with Gasteiger partial charge in [0.25, 0.3) is 0 Å². The minimum Gasteiger partial charge on any atom is -0.450 e. The Hall–Kier alpha value is -1.57. The molecule has 2 heteroatoms. The summed E-state index contributed by atoms with van der Waals surface area (Å²) in [4.78, 5) is 12.4. The van der Waals surface area contributed by atoms with Gasteiger partial charge in [0.2, 0.25) is 0 Å². The van der Waals surface area contributed by atoms with Crippen molar-refractivity contribution >= 4 is 5.97 Å². The zero-order valence-corrected chi connectivity index (χ0v) is 13.4. The van der Waals surface area contributed by atoms with Gasteiger partial charge in [0.1, 0.15) is 5.60 Å². The number of fused-ring (bicyclic) bond motifs is 3. The maximum absolute atomic E-state index is 12.4. The van der Waals surface area contributed by atoms with E-state index in [-0.39, 0.29) is 17.0 Å². The zero-order valence-electron chi connectivity index (χ0n) is 13.4. The Morgan fingerprint density at radius 2 is 2.00 bits per heavy atom. The van der Waals surface area contributed by atoms with Crippen LogP contribution in [0.3, 0.4) is 0 Å². The van der Waals surface area contributed by atoms with Crippen LogP contribution in [0, 0.1) is 11.3 Å². The monoisotopic (exact) mass is 296 g/mol. The van der Waals surface area contributed by atoms with E-state index in [4.69, 9.17) is 4.74 Å². The van der Waals surface area contributed by atoms with Gasteiger partial charge in [-0.1, -0.05) is 43.7 Å². The Morgan fingerprint density at radius 1 is 1.23 bits per heavy atom. The molecule has 0 bridgehead atoms. The molecule has 0 radical (unpaired) electrons. The Bertz CT molecular complexity index is 647. The molecule has 0 N–H and O–H groups in total. The summed E-state index contributed by atoms with van der Waals surface area (Å²) in [6.07, 6.45) is 8.44. The van der Waals surface area contributed by atoms with Crippen LogP contribution in [0.15, 0.2) is 36.4 Å². The van der Waals surface area contributed by atoms with E-state index in [9.17, 15) is 4.79 Å². The number of benzene rings is 1. The topological polar surface area (TPSA) is 26.3 Å². The summed E-state index contributed by atoms with van der Waals surface area (Å²) >= 11 is 0. The summed E-state index contributed by atoms with van der Waals surface area (Å²) in [7, 11) is 0. The van der Waals surface area contributed by atoms with E-state index >= 15 is 0 Å². The molecule has 1 aromatic carbocycles. The van der Waals surface area contributed by atoms with Crippen molar-refractivity contribution in [3.05, 3.63) is 47.5 Å². The summed E-state index contributed by atoms with van der Waals surface area (Å²) in [6.45, 7) is 5.54. The maximum Gasteiger partial charge on any atom is 0.334 e. The quantitative estimate of drug-likeness (QED) is 0.592. The third kappa shape index (κ3) is 1.64. The fraction of sp³-hybridized carbons (Fsp3) is 0.550. The van der Waals surface area contributed by atoms with Gasteiger partial charge < -0.3 is 4.74 Å². The molecule has 2 nitrogen and oxygen atoms in total. The number of carbonyl (C=O) groups excluding carboxylic acids is 1. The number of hydrogen-bond acceptors (Lipinski definition) is 2. The second-order valence-electron chi connectivity index (χ2n) is 7.37. The van der Waals surface area contributed by atoms with E-state index in [2.05, 4.69) is 30.8 Å². The molecular weight excluding hydrogens is 272 g/mol. The lowest BCUT2D eigenvalue weighted by atomic mass is 9.84. The first kappa shape index (κ1) is 14.0. The fourth-order valence-corrected chi connectivity index (χ4v) is 5.37. The number of hydrogen-bond donors (Lipinski definition) is 0. The van der Waals surface area contributed by atoms with Gasteiger partial charge in [0, 0.05) is 16.9 Å². The number of rotatable bonds is 2. The average molecular weight is 296 g/mol. The molecule has 0 aromatic heterocycles. The van der Waals surface area contributed by atoms with E-state index in [0.29, 0.717) is 11.5 Å². The normalized spacial score (nSPS) is 35.4. The average Bonchev–Trinajstić information content (AvgIpc) is 3.12. The molecule has 0 heterocycles. The van der Waals surface area contributed by atoms with E-state index < -0.39 is 0 Å². The first-order valence-electron chi connectivity index (χ1n) is 8.59. The van der Waals surface area contributed by atoms with Gasteiger partial charge in [-0.25, -0.2) is 4.79 Å². The molecule has 0 aliphatic heterocycles. The van der Waals surface area contributed by atoms with Crippen molar-refractivity contribution in [3.63, 3.8) is 0 Å². The Kier molecular flexibility index (Phi) is 3.01. The van der Waals surface area contributed by atoms with Gasteiger partial charge in [0.15, 0.2) is 0 Å². The van der Waals surface area contributed by atoms with Gasteiger partial charge in [-0.2, -0.15) is 0 Å². The van der Waals surface area contributed by atoms with Gasteiger partial charge in [-0.3, -0.25) is 0 Å². The van der Waals surface area contributed by atoms with E-state index in [1.165, 1.54) is 49.7 Å². The molecular formula is C20H24O2.